The third-order valence-corrected chi connectivity index (χ3v) is 3.07. The van der Waals surface area contributed by atoms with E-state index in [1.54, 1.807) is 10.9 Å². The summed E-state index contributed by atoms with van der Waals surface area (Å²) in [6.07, 6.45) is 2.43. The zero-order valence-electron chi connectivity index (χ0n) is 9.43. The van der Waals surface area contributed by atoms with E-state index in [1.165, 1.54) is 0 Å². The van der Waals surface area contributed by atoms with Crippen LogP contribution in [-0.2, 0) is 17.8 Å². The highest BCUT2D eigenvalue weighted by atomic mass is 32.2. The second-order valence-corrected chi connectivity index (χ2v) is 4.38. The number of thioether (sulfide) groups is 1. The van der Waals surface area contributed by atoms with Crippen molar-refractivity contribution in [3.63, 3.8) is 0 Å². The predicted octanol–water partition coefficient (Wildman–Crippen LogP) is 0.487. The minimum atomic E-state index is -0.890. The third-order valence-electron chi connectivity index (χ3n) is 2.13. The first-order valence-electron chi connectivity index (χ1n) is 5.26. The van der Waals surface area contributed by atoms with Gasteiger partial charge in [0.05, 0.1) is 12.3 Å². The van der Waals surface area contributed by atoms with E-state index >= 15 is 0 Å². The van der Waals surface area contributed by atoms with Crippen LogP contribution in [-0.4, -0.2) is 42.0 Å². The van der Waals surface area contributed by atoms with E-state index in [4.69, 9.17) is 5.11 Å². The number of hydrogen-bond donors (Lipinski definition) is 1. The van der Waals surface area contributed by atoms with Crippen molar-refractivity contribution in [2.75, 3.05) is 5.75 Å². The molecule has 2 aromatic heterocycles. The molecule has 94 valence electrons. The van der Waals surface area contributed by atoms with Gasteiger partial charge in [-0.15, -0.1) is 5.10 Å². The van der Waals surface area contributed by atoms with Crippen LogP contribution in [0.3, 0.4) is 0 Å². The van der Waals surface area contributed by atoms with Gasteiger partial charge in [0.15, 0.2) is 0 Å². The Bertz CT molecular complexity index is 516. The Morgan fingerprint density at radius 1 is 1.44 bits per heavy atom. The Balaban J connectivity index is 1.93. The molecule has 0 unspecified atom stereocenters. The number of carboxylic acid groups (broad SMARTS) is 1. The number of carboxylic acids is 1. The third kappa shape index (κ3) is 3.52. The largest absolute Gasteiger partial charge is 0.481 e. The molecule has 18 heavy (non-hydrogen) atoms. The topological polar surface area (TPSA) is 93.8 Å². The van der Waals surface area contributed by atoms with Crippen molar-refractivity contribution >= 4 is 17.7 Å². The number of aromatic nitrogens is 5. The average Bonchev–Trinajstić information content (AvgIpc) is 2.82. The van der Waals surface area contributed by atoms with Gasteiger partial charge in [-0.2, -0.15) is 0 Å². The Morgan fingerprint density at radius 2 is 2.33 bits per heavy atom. The normalized spacial score (nSPS) is 10.4. The van der Waals surface area contributed by atoms with E-state index in [-0.39, 0.29) is 5.75 Å². The summed E-state index contributed by atoms with van der Waals surface area (Å²) in [4.78, 5) is 14.7. The van der Waals surface area contributed by atoms with E-state index < -0.39 is 5.97 Å². The van der Waals surface area contributed by atoms with Crippen LogP contribution in [0.25, 0.3) is 0 Å². The lowest BCUT2D eigenvalue weighted by atomic mass is 10.3. The van der Waals surface area contributed by atoms with Crippen LogP contribution in [0.4, 0.5) is 0 Å². The molecule has 0 saturated heterocycles. The monoisotopic (exact) mass is 265 g/mol. The van der Waals surface area contributed by atoms with Crippen molar-refractivity contribution in [1.29, 1.82) is 0 Å². The lowest BCUT2D eigenvalue weighted by Crippen LogP contribution is -2.07. The Morgan fingerprint density at radius 3 is 3.06 bits per heavy atom. The van der Waals surface area contributed by atoms with Crippen molar-refractivity contribution in [1.82, 2.24) is 25.2 Å². The van der Waals surface area contributed by atoms with Crippen molar-refractivity contribution in [2.24, 2.45) is 0 Å². The molecule has 0 aliphatic carbocycles. The first kappa shape index (κ1) is 12.5. The van der Waals surface area contributed by atoms with Gasteiger partial charge in [0.2, 0.25) is 5.16 Å². The number of hydrogen-bond acceptors (Lipinski definition) is 6. The highest BCUT2D eigenvalue weighted by molar-refractivity contribution is 7.99. The molecule has 0 fully saturated rings. The minimum absolute atomic E-state index is 0.0516. The van der Waals surface area contributed by atoms with Crippen molar-refractivity contribution in [2.45, 2.75) is 18.1 Å². The molecule has 0 aliphatic rings. The maximum Gasteiger partial charge on any atom is 0.313 e. The summed E-state index contributed by atoms with van der Waals surface area (Å²) in [6, 6.07) is 5.70. The average molecular weight is 265 g/mol. The smallest absolute Gasteiger partial charge is 0.313 e. The first-order valence-corrected chi connectivity index (χ1v) is 6.25. The van der Waals surface area contributed by atoms with E-state index in [0.717, 1.165) is 17.5 Å². The number of pyridine rings is 1. The molecule has 0 atom stereocenters. The standard InChI is InChI=1S/C10H11N5O2S/c16-9(17)7-18-10-12-13-14-15(10)6-4-8-3-1-2-5-11-8/h1-3,5H,4,6-7H2,(H,16,17). The lowest BCUT2D eigenvalue weighted by molar-refractivity contribution is -0.133. The van der Waals surface area contributed by atoms with Crippen molar-refractivity contribution in [3.05, 3.63) is 30.1 Å². The second kappa shape index (κ2) is 6.10. The van der Waals surface area contributed by atoms with Gasteiger partial charge in [-0.25, -0.2) is 4.68 Å². The number of nitrogens with zero attached hydrogens (tertiary/aromatic N) is 5. The molecular formula is C10H11N5O2S. The maximum absolute atomic E-state index is 10.5. The van der Waals surface area contributed by atoms with Crippen LogP contribution in [0.15, 0.2) is 29.6 Å². The van der Waals surface area contributed by atoms with Crippen LogP contribution in [0.2, 0.25) is 0 Å². The molecular weight excluding hydrogens is 254 g/mol. The van der Waals surface area contributed by atoms with Gasteiger partial charge in [0.1, 0.15) is 0 Å². The lowest BCUT2D eigenvalue weighted by Gasteiger charge is -2.02. The van der Waals surface area contributed by atoms with Gasteiger partial charge >= 0.3 is 5.97 Å². The molecule has 0 aromatic carbocycles. The first-order chi connectivity index (χ1) is 8.75. The number of aryl methyl sites for hydroxylation is 2. The summed E-state index contributed by atoms with van der Waals surface area (Å²) in [5.74, 6) is -0.941. The molecule has 0 radical (unpaired) electrons. The van der Waals surface area contributed by atoms with E-state index in [0.29, 0.717) is 18.1 Å². The number of tetrazole rings is 1. The van der Waals surface area contributed by atoms with Crippen molar-refractivity contribution in [3.8, 4) is 0 Å². The van der Waals surface area contributed by atoms with Gasteiger partial charge in [-0.1, -0.05) is 17.8 Å². The van der Waals surface area contributed by atoms with Crippen LogP contribution in [0.5, 0.6) is 0 Å². The maximum atomic E-state index is 10.5. The summed E-state index contributed by atoms with van der Waals surface area (Å²) < 4.78 is 1.59. The Labute approximate surface area is 107 Å². The summed E-state index contributed by atoms with van der Waals surface area (Å²) in [7, 11) is 0. The summed E-state index contributed by atoms with van der Waals surface area (Å²) in [5.41, 5.74) is 0.946. The highest BCUT2D eigenvalue weighted by Gasteiger charge is 2.09. The van der Waals surface area contributed by atoms with Gasteiger partial charge in [0.25, 0.3) is 0 Å². The number of aliphatic carboxylic acids is 1. The molecule has 7 nitrogen and oxygen atoms in total. The SMILES string of the molecule is O=C(O)CSc1nnnn1CCc1ccccn1. The minimum Gasteiger partial charge on any atom is -0.481 e. The Hall–Kier alpha value is -1.96. The summed E-state index contributed by atoms with van der Waals surface area (Å²) in [6.45, 7) is 0.575. The Kier molecular flexibility index (Phi) is 4.24. The van der Waals surface area contributed by atoms with Crippen LogP contribution < -0.4 is 0 Å². The van der Waals surface area contributed by atoms with Gasteiger partial charge in [-0.3, -0.25) is 9.78 Å². The molecule has 2 rings (SSSR count). The summed E-state index contributed by atoms with van der Waals surface area (Å²) >= 11 is 1.10. The predicted molar refractivity (Wildman–Crippen MR) is 64.1 cm³/mol. The molecule has 8 heteroatoms. The van der Waals surface area contributed by atoms with E-state index in [9.17, 15) is 4.79 Å². The molecule has 0 bridgehead atoms. The van der Waals surface area contributed by atoms with Gasteiger partial charge < -0.3 is 5.11 Å². The molecule has 0 aliphatic heterocycles. The van der Waals surface area contributed by atoms with Crippen LogP contribution in [0.1, 0.15) is 5.69 Å². The van der Waals surface area contributed by atoms with Crippen LogP contribution >= 0.6 is 11.8 Å². The molecule has 0 spiro atoms. The molecule has 2 heterocycles. The number of rotatable bonds is 6. The van der Waals surface area contributed by atoms with Crippen LogP contribution in [0, 0.1) is 0 Å². The summed E-state index contributed by atoms with van der Waals surface area (Å²) in [5, 5.41) is 20.3. The second-order valence-electron chi connectivity index (χ2n) is 3.44. The molecule has 1 N–H and O–H groups in total. The fourth-order valence-electron chi connectivity index (χ4n) is 1.33. The van der Waals surface area contributed by atoms with E-state index in [1.807, 2.05) is 18.2 Å². The van der Waals surface area contributed by atoms with Gasteiger partial charge in [0, 0.05) is 18.3 Å². The quantitative estimate of drug-likeness (QED) is 0.759. The zero-order chi connectivity index (χ0) is 12.8. The fraction of sp³-hybridized carbons (Fsp3) is 0.300. The molecule has 2 aromatic rings. The molecule has 0 amide bonds. The van der Waals surface area contributed by atoms with E-state index in [2.05, 4.69) is 20.5 Å². The highest BCUT2D eigenvalue weighted by Crippen LogP contribution is 2.13. The fourth-order valence-corrected chi connectivity index (χ4v) is 1.96. The van der Waals surface area contributed by atoms with Gasteiger partial charge in [-0.05, 0) is 22.6 Å². The van der Waals surface area contributed by atoms with Crippen molar-refractivity contribution < 1.29 is 9.90 Å². The molecule has 0 saturated carbocycles. The number of carbonyl (C=O) groups is 1. The zero-order valence-corrected chi connectivity index (χ0v) is 10.2.